The normalized spacial score (nSPS) is 11.4. The van der Waals surface area contributed by atoms with Crippen molar-refractivity contribution in [1.82, 2.24) is 0 Å². The fourth-order valence-corrected chi connectivity index (χ4v) is 2.19. The Morgan fingerprint density at radius 2 is 1.61 bits per heavy atom. The zero-order valence-corrected chi connectivity index (χ0v) is 11.9. The molecule has 4 nitrogen and oxygen atoms in total. The van der Waals surface area contributed by atoms with E-state index in [9.17, 15) is 13.9 Å². The van der Waals surface area contributed by atoms with Crippen LogP contribution in [0.25, 0.3) is 10.8 Å². The minimum absolute atomic E-state index is 0.0419. The molecule has 23 heavy (non-hydrogen) atoms. The number of benzene rings is 3. The van der Waals surface area contributed by atoms with E-state index in [-0.39, 0.29) is 22.9 Å². The monoisotopic (exact) mass is 314 g/mol. The summed E-state index contributed by atoms with van der Waals surface area (Å²) in [5, 5.41) is 19.6. The molecule has 0 spiro atoms. The maximum absolute atomic E-state index is 12.4. The van der Waals surface area contributed by atoms with Crippen LogP contribution in [0.2, 0.25) is 0 Å². The van der Waals surface area contributed by atoms with Crippen molar-refractivity contribution in [3.63, 3.8) is 0 Å². The second kappa shape index (κ2) is 6.39. The van der Waals surface area contributed by atoms with Gasteiger partial charge >= 0.3 is 6.61 Å². The number of phenolic OH excluding ortho intramolecular Hbond substituents is 1. The number of alkyl halides is 2. The van der Waals surface area contributed by atoms with Gasteiger partial charge in [-0.3, -0.25) is 0 Å². The van der Waals surface area contributed by atoms with Crippen molar-refractivity contribution in [2.75, 3.05) is 0 Å². The van der Waals surface area contributed by atoms with Crippen LogP contribution in [0.1, 0.15) is 0 Å². The van der Waals surface area contributed by atoms with Gasteiger partial charge in [0, 0.05) is 5.39 Å². The number of azo groups is 1. The zero-order valence-electron chi connectivity index (χ0n) is 11.9. The molecule has 3 rings (SSSR count). The van der Waals surface area contributed by atoms with Crippen LogP contribution in [0.4, 0.5) is 20.2 Å². The Kier molecular flexibility index (Phi) is 4.14. The van der Waals surface area contributed by atoms with Crippen LogP contribution >= 0.6 is 0 Å². The summed E-state index contributed by atoms with van der Waals surface area (Å²) in [5.74, 6) is -0.120. The summed E-state index contributed by atoms with van der Waals surface area (Å²) >= 11 is 0. The number of halogens is 2. The minimum Gasteiger partial charge on any atom is -0.506 e. The van der Waals surface area contributed by atoms with Gasteiger partial charge in [-0.05, 0) is 23.6 Å². The van der Waals surface area contributed by atoms with Crippen molar-refractivity contribution in [1.29, 1.82) is 0 Å². The highest BCUT2D eigenvalue weighted by atomic mass is 19.3. The molecule has 0 aliphatic carbocycles. The molecule has 3 aromatic rings. The Morgan fingerprint density at radius 1 is 0.870 bits per heavy atom. The van der Waals surface area contributed by atoms with E-state index in [2.05, 4.69) is 15.0 Å². The van der Waals surface area contributed by atoms with Crippen LogP contribution in [-0.2, 0) is 0 Å². The van der Waals surface area contributed by atoms with Crippen LogP contribution in [0.3, 0.4) is 0 Å². The van der Waals surface area contributed by atoms with Gasteiger partial charge in [-0.15, -0.1) is 10.2 Å². The Balaban J connectivity index is 2.03. The number of hydrogen-bond acceptors (Lipinski definition) is 4. The van der Waals surface area contributed by atoms with E-state index in [4.69, 9.17) is 0 Å². The van der Waals surface area contributed by atoms with Gasteiger partial charge in [0.1, 0.15) is 17.1 Å². The molecule has 0 heterocycles. The van der Waals surface area contributed by atoms with Crippen molar-refractivity contribution in [3.8, 4) is 11.5 Å². The van der Waals surface area contributed by atoms with Gasteiger partial charge in [0.2, 0.25) is 0 Å². The molecule has 0 atom stereocenters. The number of nitrogens with zero attached hydrogens (tertiary/aromatic N) is 2. The average molecular weight is 314 g/mol. The van der Waals surface area contributed by atoms with Crippen LogP contribution in [-0.4, -0.2) is 11.7 Å². The first-order valence-corrected chi connectivity index (χ1v) is 6.81. The third-order valence-electron chi connectivity index (χ3n) is 3.22. The number of rotatable bonds is 4. The largest absolute Gasteiger partial charge is 0.506 e. The summed E-state index contributed by atoms with van der Waals surface area (Å²) in [5.41, 5.74) is 0.426. The van der Waals surface area contributed by atoms with Gasteiger partial charge in [0.15, 0.2) is 5.75 Å². The quantitative estimate of drug-likeness (QED) is 0.641. The van der Waals surface area contributed by atoms with Gasteiger partial charge in [0.25, 0.3) is 0 Å². The fraction of sp³-hybridized carbons (Fsp3) is 0.0588. The van der Waals surface area contributed by atoms with E-state index in [0.717, 1.165) is 5.39 Å². The lowest BCUT2D eigenvalue weighted by Gasteiger charge is -2.07. The van der Waals surface area contributed by atoms with Gasteiger partial charge in [-0.2, -0.15) is 8.78 Å². The van der Waals surface area contributed by atoms with E-state index in [1.165, 1.54) is 18.2 Å². The highest BCUT2D eigenvalue weighted by Crippen LogP contribution is 2.37. The standard InChI is InChI=1S/C17H12F2N2O2/c18-17(19)23-15-8-4-3-7-13(15)20-21-16-12-6-2-1-5-11(12)9-10-14(16)22/h1-10,17,22H. The van der Waals surface area contributed by atoms with Crippen LogP contribution in [0, 0.1) is 0 Å². The van der Waals surface area contributed by atoms with Crippen LogP contribution < -0.4 is 4.74 Å². The number of hydrogen-bond donors (Lipinski definition) is 1. The van der Waals surface area contributed by atoms with Crippen molar-refractivity contribution >= 4 is 22.1 Å². The molecule has 6 heteroatoms. The number of para-hydroxylation sites is 1. The van der Waals surface area contributed by atoms with E-state index < -0.39 is 6.61 Å². The van der Waals surface area contributed by atoms with Crippen molar-refractivity contribution in [3.05, 3.63) is 60.7 Å². The molecule has 3 aromatic carbocycles. The number of ether oxygens (including phenoxy) is 1. The molecule has 0 saturated carbocycles. The summed E-state index contributed by atoms with van der Waals surface area (Å²) in [7, 11) is 0. The highest BCUT2D eigenvalue weighted by molar-refractivity contribution is 5.95. The Bertz CT molecular complexity index is 866. The topological polar surface area (TPSA) is 54.2 Å². The average Bonchev–Trinajstić information content (AvgIpc) is 2.55. The number of fused-ring (bicyclic) bond motifs is 1. The molecule has 0 unspecified atom stereocenters. The Hall–Kier alpha value is -3.02. The molecule has 1 N–H and O–H groups in total. The van der Waals surface area contributed by atoms with Crippen molar-refractivity contribution in [2.45, 2.75) is 6.61 Å². The first-order valence-electron chi connectivity index (χ1n) is 6.81. The maximum Gasteiger partial charge on any atom is 0.387 e. The predicted molar refractivity (Wildman–Crippen MR) is 82.9 cm³/mol. The van der Waals surface area contributed by atoms with E-state index in [0.29, 0.717) is 5.39 Å². The highest BCUT2D eigenvalue weighted by Gasteiger charge is 2.10. The Labute approximate surface area is 130 Å². The summed E-state index contributed by atoms with van der Waals surface area (Å²) in [4.78, 5) is 0. The molecule has 0 aliphatic heterocycles. The third-order valence-corrected chi connectivity index (χ3v) is 3.22. The van der Waals surface area contributed by atoms with Gasteiger partial charge in [-0.1, -0.05) is 42.5 Å². The van der Waals surface area contributed by atoms with Crippen molar-refractivity contribution < 1.29 is 18.6 Å². The molecule has 0 fully saturated rings. The molecule has 0 aliphatic rings. The summed E-state index contributed by atoms with van der Waals surface area (Å²) in [6.07, 6.45) is 0. The zero-order chi connectivity index (χ0) is 16.2. The van der Waals surface area contributed by atoms with E-state index in [1.807, 2.05) is 18.2 Å². The summed E-state index contributed by atoms with van der Waals surface area (Å²) in [6.45, 7) is -2.95. The van der Waals surface area contributed by atoms with Crippen molar-refractivity contribution in [2.24, 2.45) is 10.2 Å². The lowest BCUT2D eigenvalue weighted by atomic mass is 10.1. The number of phenols is 1. The molecular weight excluding hydrogens is 302 g/mol. The maximum atomic E-state index is 12.4. The predicted octanol–water partition coefficient (Wildman–Crippen LogP) is 5.56. The molecule has 116 valence electrons. The molecule has 0 aromatic heterocycles. The van der Waals surface area contributed by atoms with Gasteiger partial charge < -0.3 is 9.84 Å². The number of aromatic hydroxyl groups is 1. The summed E-state index contributed by atoms with van der Waals surface area (Å²) < 4.78 is 29.2. The molecule has 0 radical (unpaired) electrons. The molecule has 0 saturated heterocycles. The minimum atomic E-state index is -2.95. The summed E-state index contributed by atoms with van der Waals surface area (Å²) in [6, 6.07) is 16.7. The Morgan fingerprint density at radius 3 is 2.43 bits per heavy atom. The van der Waals surface area contributed by atoms with Gasteiger partial charge in [0.05, 0.1) is 0 Å². The SMILES string of the molecule is Oc1ccc2ccccc2c1N=Nc1ccccc1OC(F)F. The van der Waals surface area contributed by atoms with Crippen LogP contribution in [0.5, 0.6) is 11.5 Å². The lowest BCUT2D eigenvalue weighted by Crippen LogP contribution is -2.01. The first-order chi connectivity index (χ1) is 11.1. The molecule has 0 bridgehead atoms. The van der Waals surface area contributed by atoms with Gasteiger partial charge in [-0.25, -0.2) is 0 Å². The smallest absolute Gasteiger partial charge is 0.387 e. The van der Waals surface area contributed by atoms with Crippen LogP contribution in [0.15, 0.2) is 70.9 Å². The lowest BCUT2D eigenvalue weighted by molar-refractivity contribution is -0.0494. The van der Waals surface area contributed by atoms with E-state index >= 15 is 0 Å². The second-order valence-electron chi connectivity index (χ2n) is 4.70. The van der Waals surface area contributed by atoms with E-state index in [1.54, 1.807) is 24.3 Å². The second-order valence-corrected chi connectivity index (χ2v) is 4.70. The third kappa shape index (κ3) is 3.26. The fourth-order valence-electron chi connectivity index (χ4n) is 2.19. The molecular formula is C17H12F2N2O2. The molecule has 0 amide bonds. The first kappa shape index (κ1) is 14.9.